The minimum Gasteiger partial charge on any atom is -0.345 e. The third-order valence-electron chi connectivity index (χ3n) is 10.0. The Morgan fingerprint density at radius 2 is 1.17 bits per heavy atom. The first-order valence-corrected chi connectivity index (χ1v) is 18.5. The quantitative estimate of drug-likeness (QED) is 0.0971. The van der Waals surface area contributed by atoms with Crippen molar-refractivity contribution in [3.63, 3.8) is 0 Å². The Morgan fingerprint density at radius 3 is 1.77 bits per heavy atom. The van der Waals surface area contributed by atoms with Crippen LogP contribution in [0.25, 0.3) is 66.4 Å². The van der Waals surface area contributed by atoms with E-state index in [1.54, 1.807) is 0 Å². The summed E-state index contributed by atoms with van der Waals surface area (Å²) < 4.78 is 2.41. The summed E-state index contributed by atoms with van der Waals surface area (Å²) in [5, 5.41) is 2.44. The van der Waals surface area contributed by atoms with Gasteiger partial charge in [-0.2, -0.15) is 0 Å². The molecule has 1 aromatic heterocycles. The summed E-state index contributed by atoms with van der Waals surface area (Å²) in [6.45, 7) is 10.2. The first-order valence-electron chi connectivity index (χ1n) is 18.5. The van der Waals surface area contributed by atoms with Gasteiger partial charge < -0.3 is 9.47 Å². The zero-order chi connectivity index (χ0) is 36.7. The molecule has 0 N–H and O–H groups in total. The number of nitrogens with zero attached hydrogens (tertiary/aromatic N) is 2. The van der Waals surface area contributed by atoms with Gasteiger partial charge in [-0.15, -0.1) is 6.58 Å². The Morgan fingerprint density at radius 1 is 0.604 bits per heavy atom. The molecule has 0 atom stereocenters. The van der Waals surface area contributed by atoms with Crippen LogP contribution in [0.4, 0.5) is 5.69 Å². The Balaban J connectivity index is 1.44. The molecule has 260 valence electrons. The van der Waals surface area contributed by atoms with Crippen LogP contribution in [0.3, 0.4) is 0 Å². The minimum atomic E-state index is 0.813. The summed E-state index contributed by atoms with van der Waals surface area (Å²) in [6.07, 6.45) is 15.7. The van der Waals surface area contributed by atoms with E-state index in [1.165, 1.54) is 66.3 Å². The molecule has 0 radical (unpaired) electrons. The average Bonchev–Trinajstić information content (AvgIpc) is 3.54. The van der Waals surface area contributed by atoms with Crippen LogP contribution in [-0.2, 0) is 0 Å². The molecule has 0 aliphatic heterocycles. The zero-order valence-corrected chi connectivity index (χ0v) is 31.1. The molecule has 7 rings (SSSR count). The number of aromatic nitrogens is 1. The van der Waals surface area contributed by atoms with E-state index in [2.05, 4.69) is 220 Å². The fourth-order valence-corrected chi connectivity index (χ4v) is 7.43. The van der Waals surface area contributed by atoms with Gasteiger partial charge in [0.15, 0.2) is 0 Å². The highest BCUT2D eigenvalue weighted by Crippen LogP contribution is 2.40. The van der Waals surface area contributed by atoms with Crippen molar-refractivity contribution >= 4 is 33.1 Å². The molecule has 0 fully saturated rings. The topological polar surface area (TPSA) is 8.17 Å². The smallest absolute Gasteiger partial charge is 0.0541 e. The fourth-order valence-electron chi connectivity index (χ4n) is 7.43. The number of anilines is 1. The second-order valence-corrected chi connectivity index (χ2v) is 13.2. The van der Waals surface area contributed by atoms with Gasteiger partial charge in [0.2, 0.25) is 0 Å². The molecule has 6 aromatic carbocycles. The molecule has 0 saturated carbocycles. The van der Waals surface area contributed by atoms with Crippen molar-refractivity contribution in [3.05, 3.63) is 200 Å². The van der Waals surface area contributed by atoms with E-state index in [4.69, 9.17) is 0 Å². The normalized spacial score (nSPS) is 12.4. The lowest BCUT2D eigenvalue weighted by Crippen LogP contribution is -2.14. The van der Waals surface area contributed by atoms with Crippen molar-refractivity contribution in [1.82, 2.24) is 4.57 Å². The van der Waals surface area contributed by atoms with Gasteiger partial charge in [0.1, 0.15) is 0 Å². The van der Waals surface area contributed by atoms with Gasteiger partial charge in [-0.05, 0) is 126 Å². The van der Waals surface area contributed by atoms with Crippen molar-refractivity contribution in [2.24, 2.45) is 0 Å². The molecular formula is C51H46N2. The number of rotatable bonds is 11. The Bertz CT molecular complexity index is 2520. The lowest BCUT2D eigenvalue weighted by molar-refractivity contribution is 1.12. The number of fused-ring (bicyclic) bond motifs is 3. The molecule has 0 aliphatic carbocycles. The highest BCUT2D eigenvalue weighted by Gasteiger charge is 2.17. The first kappa shape index (κ1) is 35.0. The highest BCUT2D eigenvalue weighted by atomic mass is 15.1. The van der Waals surface area contributed by atoms with E-state index in [-0.39, 0.29) is 0 Å². The van der Waals surface area contributed by atoms with Gasteiger partial charge in [0, 0.05) is 34.9 Å². The molecule has 0 bridgehead atoms. The Kier molecular flexibility index (Phi) is 10.5. The molecule has 2 nitrogen and oxygen atoms in total. The molecule has 53 heavy (non-hydrogen) atoms. The summed E-state index contributed by atoms with van der Waals surface area (Å²) in [6, 6.07) is 51.0. The zero-order valence-electron chi connectivity index (χ0n) is 31.1. The standard InChI is InChI=1S/C51H46N2/c1-6-10-20-37(18-7-2)44-23-14-16-25-46(44)39-27-33-50-48(35-39)49-36-40(47-26-17-15-24-45(47)38-21-12-11-13-22-38)28-34-51(49)53(50)43-31-29-42(30-32-43)52(5)41(9-4)19-8-3/h6-9,11-36H,1,10H2,2-5H3/b18-7-,19-8-,37-20?,41-9+. The first-order chi connectivity index (χ1) is 26.1. The number of hydrogen-bond donors (Lipinski definition) is 0. The third-order valence-corrected chi connectivity index (χ3v) is 10.0. The maximum Gasteiger partial charge on any atom is 0.0541 e. The van der Waals surface area contributed by atoms with Gasteiger partial charge >= 0.3 is 0 Å². The fraction of sp³-hybridized carbons (Fsp3) is 0.0980. The summed E-state index contributed by atoms with van der Waals surface area (Å²) in [5.74, 6) is 0. The van der Waals surface area contributed by atoms with Crippen molar-refractivity contribution < 1.29 is 0 Å². The maximum atomic E-state index is 3.96. The van der Waals surface area contributed by atoms with Gasteiger partial charge in [-0.25, -0.2) is 0 Å². The predicted octanol–water partition coefficient (Wildman–Crippen LogP) is 14.2. The van der Waals surface area contributed by atoms with Crippen LogP contribution in [0.5, 0.6) is 0 Å². The van der Waals surface area contributed by atoms with Crippen molar-refractivity contribution in [2.45, 2.75) is 27.2 Å². The minimum absolute atomic E-state index is 0.813. The van der Waals surface area contributed by atoms with Crippen molar-refractivity contribution in [2.75, 3.05) is 11.9 Å². The lowest BCUT2D eigenvalue weighted by atomic mass is 9.92. The second kappa shape index (κ2) is 15.9. The molecule has 0 spiro atoms. The van der Waals surface area contributed by atoms with Gasteiger partial charge in [0.25, 0.3) is 0 Å². The lowest BCUT2D eigenvalue weighted by Gasteiger charge is -2.21. The van der Waals surface area contributed by atoms with E-state index in [9.17, 15) is 0 Å². The summed E-state index contributed by atoms with van der Waals surface area (Å²) >= 11 is 0. The van der Waals surface area contributed by atoms with E-state index >= 15 is 0 Å². The molecule has 2 heteroatoms. The molecule has 0 saturated heterocycles. The van der Waals surface area contributed by atoms with Crippen LogP contribution < -0.4 is 4.90 Å². The van der Waals surface area contributed by atoms with Crippen LogP contribution in [0.1, 0.15) is 32.8 Å². The third kappa shape index (κ3) is 6.97. The van der Waals surface area contributed by atoms with Crippen LogP contribution in [0, 0.1) is 0 Å². The Hall–Kier alpha value is -6.38. The summed E-state index contributed by atoms with van der Waals surface area (Å²) in [4.78, 5) is 2.22. The van der Waals surface area contributed by atoms with Gasteiger partial charge in [-0.3, -0.25) is 0 Å². The van der Waals surface area contributed by atoms with Crippen LogP contribution in [-0.4, -0.2) is 11.6 Å². The van der Waals surface area contributed by atoms with Crippen molar-refractivity contribution in [3.8, 4) is 39.1 Å². The predicted molar refractivity (Wildman–Crippen MR) is 232 cm³/mol. The molecule has 0 unspecified atom stereocenters. The monoisotopic (exact) mass is 686 g/mol. The van der Waals surface area contributed by atoms with E-state index < -0.39 is 0 Å². The van der Waals surface area contributed by atoms with E-state index in [0.717, 1.165) is 23.5 Å². The number of hydrogen-bond acceptors (Lipinski definition) is 1. The van der Waals surface area contributed by atoms with E-state index in [0.29, 0.717) is 0 Å². The van der Waals surface area contributed by atoms with Crippen LogP contribution in [0.15, 0.2) is 194 Å². The second-order valence-electron chi connectivity index (χ2n) is 13.2. The molecular weight excluding hydrogens is 641 g/mol. The average molecular weight is 687 g/mol. The number of benzene rings is 6. The number of likely N-dealkylation sites (N-methyl/N-ethyl adjacent to an activating group) is 1. The summed E-state index contributed by atoms with van der Waals surface area (Å²) in [5.41, 5.74) is 15.5. The van der Waals surface area contributed by atoms with Gasteiger partial charge in [0.05, 0.1) is 11.0 Å². The largest absolute Gasteiger partial charge is 0.345 e. The Labute approximate surface area is 314 Å². The summed E-state index contributed by atoms with van der Waals surface area (Å²) in [7, 11) is 2.12. The van der Waals surface area contributed by atoms with Crippen LogP contribution in [0.2, 0.25) is 0 Å². The molecule has 7 aromatic rings. The highest BCUT2D eigenvalue weighted by molar-refractivity contribution is 6.12. The number of allylic oxidation sites excluding steroid dienone is 8. The molecule has 1 heterocycles. The molecule has 0 aliphatic rings. The van der Waals surface area contributed by atoms with Crippen LogP contribution >= 0.6 is 0 Å². The van der Waals surface area contributed by atoms with Crippen molar-refractivity contribution in [1.29, 1.82) is 0 Å². The van der Waals surface area contributed by atoms with E-state index in [1.807, 2.05) is 6.08 Å². The molecule has 0 amide bonds. The maximum absolute atomic E-state index is 3.96. The van der Waals surface area contributed by atoms with Gasteiger partial charge in [-0.1, -0.05) is 127 Å². The SMILES string of the molecule is C=CCC=C(/C=C\C)c1ccccc1-c1ccc2c(c1)c1cc(-c3ccccc3-c3ccccc3)ccc1n2-c1ccc(N(C)C(/C=C\C)=C/C)cc1.